The Kier molecular flexibility index (Phi) is 15.2. The molecular formula is C24H25Fe2NO. The van der Waals surface area contributed by atoms with Crippen LogP contribution < -0.4 is 5.32 Å². The predicted octanol–water partition coefficient (Wildman–Crippen LogP) is 2.93. The topological polar surface area (TPSA) is 32.3 Å². The summed E-state index contributed by atoms with van der Waals surface area (Å²) in [7, 11) is 0. The Bertz CT molecular complexity index is 342. The van der Waals surface area contributed by atoms with E-state index in [-0.39, 0.29) is 40.2 Å². The molecule has 28 heavy (non-hydrogen) atoms. The molecule has 5 rings (SSSR count). The summed E-state index contributed by atoms with van der Waals surface area (Å²) in [6.07, 6.45) is 35.2. The summed E-state index contributed by atoms with van der Waals surface area (Å²) in [5, 5.41) is 13.2. The van der Waals surface area contributed by atoms with E-state index in [0.29, 0.717) is 12.6 Å². The fourth-order valence-electron chi connectivity index (χ4n) is 3.15. The number of aliphatic hydroxyl groups excluding tert-OH is 1. The fourth-order valence-corrected chi connectivity index (χ4v) is 3.15. The third-order valence-electron chi connectivity index (χ3n) is 4.46. The maximum atomic E-state index is 9.83. The van der Waals surface area contributed by atoms with E-state index in [1.54, 1.807) is 0 Å². The molecule has 20 radical (unpaired) electrons. The molecule has 0 aromatic rings. The van der Waals surface area contributed by atoms with Gasteiger partial charge in [0.15, 0.2) is 0 Å². The summed E-state index contributed by atoms with van der Waals surface area (Å²) in [4.78, 5) is 0. The van der Waals surface area contributed by atoms with Crippen LogP contribution in [-0.4, -0.2) is 23.8 Å². The molecule has 4 heteroatoms. The number of nitrogens with one attached hydrogen (secondary N) is 1. The molecular weight excluding hydrogens is 430 g/mol. The van der Waals surface area contributed by atoms with Crippen LogP contribution in [0.5, 0.6) is 0 Å². The molecule has 0 amide bonds. The van der Waals surface area contributed by atoms with Crippen LogP contribution in [-0.2, 0) is 34.1 Å². The van der Waals surface area contributed by atoms with Gasteiger partial charge in [-0.3, -0.25) is 0 Å². The van der Waals surface area contributed by atoms with Crippen molar-refractivity contribution in [2.75, 3.05) is 6.54 Å². The maximum Gasteiger partial charge on any atom is 0.0736 e. The zero-order valence-corrected chi connectivity index (χ0v) is 17.7. The molecule has 1 aliphatic heterocycles. The molecule has 0 bridgehead atoms. The van der Waals surface area contributed by atoms with Crippen LogP contribution in [0.3, 0.4) is 0 Å². The second kappa shape index (κ2) is 15.7. The van der Waals surface area contributed by atoms with Crippen molar-refractivity contribution in [2.45, 2.75) is 18.6 Å². The van der Waals surface area contributed by atoms with Gasteiger partial charge < -0.3 is 10.4 Å². The monoisotopic (exact) mass is 455 g/mol. The average Bonchev–Trinajstić information content (AvgIpc) is 3.47. The van der Waals surface area contributed by atoms with Crippen molar-refractivity contribution in [3.05, 3.63) is 127 Å². The van der Waals surface area contributed by atoms with Crippen LogP contribution >= 0.6 is 0 Å². The molecule has 1 heterocycles. The molecule has 2 unspecified atom stereocenters. The van der Waals surface area contributed by atoms with Gasteiger partial charge in [0.05, 0.1) is 6.10 Å². The summed E-state index contributed by atoms with van der Waals surface area (Å²) in [6.45, 7) is 0.655. The first-order chi connectivity index (χ1) is 12.8. The summed E-state index contributed by atoms with van der Waals surface area (Å²) in [5.41, 5.74) is 0. The van der Waals surface area contributed by atoms with E-state index in [0.717, 1.165) is 12.3 Å². The van der Waals surface area contributed by atoms with E-state index >= 15 is 0 Å². The molecule has 0 spiro atoms. The van der Waals surface area contributed by atoms with Crippen molar-refractivity contribution in [2.24, 2.45) is 0 Å². The minimum absolute atomic E-state index is 0. The largest absolute Gasteiger partial charge is 0.391 e. The van der Waals surface area contributed by atoms with Gasteiger partial charge in [-0.05, 0) is 121 Å². The molecule has 0 aromatic heterocycles. The molecule has 4 saturated carbocycles. The third-order valence-corrected chi connectivity index (χ3v) is 4.46. The second-order valence-electron chi connectivity index (χ2n) is 6.33. The van der Waals surface area contributed by atoms with Gasteiger partial charge in [-0.25, -0.2) is 0 Å². The van der Waals surface area contributed by atoms with E-state index in [1.807, 2.05) is 77.0 Å². The second-order valence-corrected chi connectivity index (χ2v) is 6.33. The SMILES string of the molecule is OC1CNC(C[C]2[CH][CH][CH][CH]2)[C]2[CH][CH][CH][C]21.[CH]1[CH][CH][CH][CH]1.[CH]1[CH][CH][CH][CH]1.[Fe].[Fe]. The molecule has 2 atom stereocenters. The fraction of sp³-hybridized carbons (Fsp3) is 0.167. The quantitative estimate of drug-likeness (QED) is 0.629. The van der Waals surface area contributed by atoms with E-state index in [1.165, 1.54) is 11.8 Å². The Balaban J connectivity index is 0.000000271. The van der Waals surface area contributed by atoms with Crippen LogP contribution in [0.1, 0.15) is 6.42 Å². The zero-order chi connectivity index (χ0) is 18.0. The molecule has 1 saturated heterocycles. The van der Waals surface area contributed by atoms with Gasteiger partial charge in [-0.15, -0.1) is 0 Å². The molecule has 148 valence electrons. The Labute approximate surface area is 196 Å². The number of hydrogen-bond acceptors (Lipinski definition) is 2. The van der Waals surface area contributed by atoms with E-state index in [9.17, 15) is 5.11 Å². The molecule has 5 fully saturated rings. The van der Waals surface area contributed by atoms with E-state index < -0.39 is 0 Å². The Morgan fingerprint density at radius 3 is 1.61 bits per heavy atom. The van der Waals surface area contributed by atoms with Crippen LogP contribution in [0.25, 0.3) is 0 Å². The summed E-state index contributed by atoms with van der Waals surface area (Å²) < 4.78 is 0. The van der Waals surface area contributed by atoms with Gasteiger partial charge >= 0.3 is 0 Å². The normalized spacial score (nSPS) is 30.3. The third kappa shape index (κ3) is 8.99. The van der Waals surface area contributed by atoms with Gasteiger partial charge in [-0.1, -0.05) is 0 Å². The van der Waals surface area contributed by atoms with E-state index in [2.05, 4.69) is 37.4 Å². The first-order valence-electron chi connectivity index (χ1n) is 9.05. The van der Waals surface area contributed by atoms with Crippen molar-refractivity contribution in [3.63, 3.8) is 0 Å². The smallest absolute Gasteiger partial charge is 0.0736 e. The van der Waals surface area contributed by atoms with Crippen molar-refractivity contribution in [3.8, 4) is 0 Å². The maximum absolute atomic E-state index is 9.83. The minimum atomic E-state index is -0.346. The average molecular weight is 455 g/mol. The summed E-state index contributed by atoms with van der Waals surface area (Å²) in [6, 6.07) is 0.343. The number of piperidine rings is 1. The Morgan fingerprint density at radius 1 is 0.643 bits per heavy atom. The van der Waals surface area contributed by atoms with Gasteiger partial charge in [0.2, 0.25) is 0 Å². The zero-order valence-electron chi connectivity index (χ0n) is 15.5. The number of β-amino-alcohol motifs (C(OH)–C–C–N with tert-alkyl or cyclic N) is 1. The number of fused-ring (bicyclic) bond motifs is 1. The van der Waals surface area contributed by atoms with Gasteiger partial charge in [0.1, 0.15) is 0 Å². The standard InChI is InChI=1S/C14H15NO.2C5H5.2Fe/c16-14-9-15-13(8-10-4-1-2-5-10)11-6-3-7-12(11)14;2*1-2-4-5-3-1;;/h1-7,13-16H,8-9H2;2*1-5H;;. The van der Waals surface area contributed by atoms with Crippen LogP contribution in [0.15, 0.2) is 0 Å². The van der Waals surface area contributed by atoms with Gasteiger partial charge in [-0.2, -0.15) is 0 Å². The number of rotatable bonds is 2. The van der Waals surface area contributed by atoms with Gasteiger partial charge in [0.25, 0.3) is 0 Å². The predicted molar refractivity (Wildman–Crippen MR) is 105 cm³/mol. The Morgan fingerprint density at radius 2 is 1.11 bits per heavy atom. The first-order valence-corrected chi connectivity index (χ1v) is 9.05. The van der Waals surface area contributed by atoms with Crippen molar-refractivity contribution >= 4 is 0 Å². The minimum Gasteiger partial charge on any atom is -0.391 e. The molecule has 4 aliphatic carbocycles. The summed E-state index contributed by atoms with van der Waals surface area (Å²) in [5.74, 6) is 3.69. The number of aliphatic hydroxyl groups is 1. The van der Waals surface area contributed by atoms with Gasteiger partial charge in [0, 0.05) is 58.6 Å². The van der Waals surface area contributed by atoms with Crippen LogP contribution in [0, 0.1) is 127 Å². The van der Waals surface area contributed by atoms with Crippen LogP contribution in [0.2, 0.25) is 0 Å². The first kappa shape index (κ1) is 27.0. The number of hydrogen-bond donors (Lipinski definition) is 2. The van der Waals surface area contributed by atoms with Crippen molar-refractivity contribution in [1.29, 1.82) is 0 Å². The molecule has 5 aliphatic rings. The summed E-state index contributed by atoms with van der Waals surface area (Å²) >= 11 is 0. The van der Waals surface area contributed by atoms with Crippen molar-refractivity contribution in [1.82, 2.24) is 5.32 Å². The van der Waals surface area contributed by atoms with E-state index in [4.69, 9.17) is 0 Å². The molecule has 2 N–H and O–H groups in total. The molecule has 2 nitrogen and oxygen atoms in total. The molecule has 0 aromatic carbocycles. The van der Waals surface area contributed by atoms with Crippen LogP contribution in [0.4, 0.5) is 0 Å². The Hall–Kier alpha value is 0.959. The van der Waals surface area contributed by atoms with Crippen molar-refractivity contribution < 1.29 is 39.2 Å².